The zero-order valence-electron chi connectivity index (χ0n) is 29.2. The molecule has 0 saturated carbocycles. The van der Waals surface area contributed by atoms with Crippen molar-refractivity contribution in [3.05, 3.63) is 126 Å². The highest BCUT2D eigenvalue weighted by Crippen LogP contribution is 2.31. The summed E-state index contributed by atoms with van der Waals surface area (Å²) in [5.41, 5.74) is 16.0. The van der Waals surface area contributed by atoms with Crippen molar-refractivity contribution in [1.29, 1.82) is 10.5 Å². The Morgan fingerprint density at radius 1 is 0.632 bits per heavy atom. The molecule has 2 unspecified atom stereocenters. The molecule has 2 aliphatic heterocycles. The minimum Gasteiger partial charge on any atom is -0.370 e. The van der Waals surface area contributed by atoms with E-state index in [9.17, 15) is 20.1 Å². The first-order valence-corrected chi connectivity index (χ1v) is 20.0. The van der Waals surface area contributed by atoms with Crippen molar-refractivity contribution in [2.45, 2.75) is 18.8 Å². The SMILES string of the molecule is N#Cc1cc(NC(=O)CSC2=NC(c3ccc(Cl)c(Cl)c3)N=C(N)N2)ccc1Cc1ccc(NC(=O)CSC2=NC(c3ccc(Cl)c(Cl)c3)N=C(N)N2)cc1C#N. The van der Waals surface area contributed by atoms with Crippen LogP contribution in [0, 0.1) is 22.7 Å². The number of aliphatic imine (C=N–C) groups is 4. The molecule has 14 nitrogen and oxygen atoms in total. The van der Waals surface area contributed by atoms with Crippen LogP contribution in [0.3, 0.4) is 0 Å². The van der Waals surface area contributed by atoms with Gasteiger partial charge < -0.3 is 32.7 Å². The summed E-state index contributed by atoms with van der Waals surface area (Å²) in [5.74, 6) is -0.448. The Balaban J connectivity index is 1.03. The van der Waals surface area contributed by atoms with Crippen LogP contribution in [0.5, 0.6) is 0 Å². The number of amides is 2. The number of nitriles is 2. The smallest absolute Gasteiger partial charge is 0.234 e. The fourth-order valence-corrected chi connectivity index (χ4v) is 7.37. The minimum atomic E-state index is -0.660. The zero-order chi connectivity index (χ0) is 40.6. The monoisotopic (exact) mass is 876 g/mol. The van der Waals surface area contributed by atoms with Gasteiger partial charge in [0, 0.05) is 28.9 Å². The summed E-state index contributed by atoms with van der Waals surface area (Å²) in [6.45, 7) is 0. The summed E-state index contributed by atoms with van der Waals surface area (Å²) in [7, 11) is 0. The van der Waals surface area contributed by atoms with Crippen LogP contribution >= 0.6 is 69.9 Å². The number of benzene rings is 4. The third-order valence-corrected chi connectivity index (χ3v) is 11.3. The first-order chi connectivity index (χ1) is 27.4. The van der Waals surface area contributed by atoms with Gasteiger partial charge in [-0.15, -0.1) is 0 Å². The normalized spacial score (nSPS) is 16.0. The number of amidine groups is 2. The largest absolute Gasteiger partial charge is 0.370 e. The Morgan fingerprint density at radius 2 is 1.05 bits per heavy atom. The number of rotatable bonds is 10. The summed E-state index contributed by atoms with van der Waals surface area (Å²) in [6.07, 6.45) is -1.07. The second-order valence-electron chi connectivity index (χ2n) is 12.1. The van der Waals surface area contributed by atoms with E-state index in [4.69, 9.17) is 57.9 Å². The maximum Gasteiger partial charge on any atom is 0.234 e. The number of hydrogen-bond donors (Lipinski definition) is 6. The lowest BCUT2D eigenvalue weighted by Gasteiger charge is -2.19. The van der Waals surface area contributed by atoms with E-state index >= 15 is 0 Å². The number of carbonyl (C=O) groups is 2. The average molecular weight is 879 g/mol. The summed E-state index contributed by atoms with van der Waals surface area (Å²) in [6, 6.07) is 24.3. The topological polar surface area (TPSA) is 231 Å². The molecule has 0 bridgehead atoms. The first-order valence-electron chi connectivity index (χ1n) is 16.5. The van der Waals surface area contributed by atoms with E-state index in [-0.39, 0.29) is 41.7 Å². The van der Waals surface area contributed by atoms with Crippen molar-refractivity contribution in [1.82, 2.24) is 10.6 Å². The molecule has 57 heavy (non-hydrogen) atoms. The van der Waals surface area contributed by atoms with Gasteiger partial charge in [-0.2, -0.15) is 10.5 Å². The number of thioether (sulfide) groups is 2. The molecule has 2 amide bonds. The van der Waals surface area contributed by atoms with E-state index in [1.54, 1.807) is 72.8 Å². The van der Waals surface area contributed by atoms with Gasteiger partial charge >= 0.3 is 0 Å². The summed E-state index contributed by atoms with van der Waals surface area (Å²) >= 11 is 26.6. The fourth-order valence-electron chi connectivity index (χ4n) is 5.37. The number of nitrogens with zero attached hydrogens (tertiary/aromatic N) is 6. The van der Waals surface area contributed by atoms with Crippen molar-refractivity contribution >= 4 is 115 Å². The van der Waals surface area contributed by atoms with Crippen LogP contribution < -0.4 is 32.7 Å². The number of guanidine groups is 2. The van der Waals surface area contributed by atoms with E-state index in [2.05, 4.69) is 53.4 Å². The Kier molecular flexibility index (Phi) is 13.5. The number of carbonyl (C=O) groups excluding carboxylic acids is 2. The van der Waals surface area contributed by atoms with E-state index in [0.29, 0.717) is 75.2 Å². The molecule has 0 fully saturated rings. The van der Waals surface area contributed by atoms with Crippen LogP contribution in [0.15, 0.2) is 92.8 Å². The molecule has 4 aromatic carbocycles. The van der Waals surface area contributed by atoms with Gasteiger partial charge in [-0.3, -0.25) is 9.59 Å². The van der Waals surface area contributed by atoms with E-state index in [1.807, 2.05) is 0 Å². The predicted octanol–water partition coefficient (Wildman–Crippen LogP) is 6.92. The van der Waals surface area contributed by atoms with Crippen molar-refractivity contribution in [2.24, 2.45) is 31.4 Å². The number of halogens is 4. The average Bonchev–Trinajstić information content (AvgIpc) is 3.19. The van der Waals surface area contributed by atoms with Gasteiger partial charge in [-0.05, 0) is 59.7 Å². The quantitative estimate of drug-likeness (QED) is 0.0963. The van der Waals surface area contributed by atoms with Gasteiger partial charge in [0.15, 0.2) is 34.6 Å². The molecular formula is C37H28Cl4N12O2S2. The molecule has 0 spiro atoms. The zero-order valence-corrected chi connectivity index (χ0v) is 33.8. The lowest BCUT2D eigenvalue weighted by atomic mass is 9.96. The molecule has 0 aliphatic carbocycles. The molecular weight excluding hydrogens is 850 g/mol. The Morgan fingerprint density at radius 3 is 1.44 bits per heavy atom. The fraction of sp³-hybridized carbons (Fsp3) is 0.135. The number of hydrogen-bond acceptors (Lipinski definition) is 14. The van der Waals surface area contributed by atoms with Crippen molar-refractivity contribution in [3.8, 4) is 12.1 Å². The third kappa shape index (κ3) is 10.9. The van der Waals surface area contributed by atoms with E-state index in [1.165, 1.54) is 0 Å². The van der Waals surface area contributed by atoms with Gasteiger partial charge in [0.2, 0.25) is 11.8 Å². The molecule has 0 aromatic heterocycles. The third-order valence-electron chi connectivity index (χ3n) is 8.04. The van der Waals surface area contributed by atoms with Gasteiger partial charge in [-0.25, -0.2) is 20.0 Å². The molecule has 0 radical (unpaired) electrons. The first kappa shape index (κ1) is 41.2. The highest BCUT2D eigenvalue weighted by Gasteiger charge is 2.21. The second-order valence-corrected chi connectivity index (χ2v) is 15.6. The van der Waals surface area contributed by atoms with Crippen LogP contribution in [0.2, 0.25) is 20.1 Å². The van der Waals surface area contributed by atoms with Gasteiger partial charge in [0.05, 0.1) is 54.9 Å². The molecule has 8 N–H and O–H groups in total. The highest BCUT2D eigenvalue weighted by molar-refractivity contribution is 8.14. The number of anilines is 2. The van der Waals surface area contributed by atoms with Crippen molar-refractivity contribution in [2.75, 3.05) is 22.1 Å². The Labute approximate surface area is 354 Å². The predicted molar refractivity (Wildman–Crippen MR) is 230 cm³/mol. The maximum absolute atomic E-state index is 12.9. The lowest BCUT2D eigenvalue weighted by molar-refractivity contribution is -0.114. The van der Waals surface area contributed by atoms with E-state index < -0.39 is 12.3 Å². The molecule has 2 heterocycles. The van der Waals surface area contributed by atoms with Gasteiger partial charge in [0.1, 0.15) is 0 Å². The second kappa shape index (κ2) is 18.7. The number of nitrogens with one attached hydrogen (secondary N) is 4. The lowest BCUT2D eigenvalue weighted by Crippen LogP contribution is -2.39. The maximum atomic E-state index is 12.9. The van der Waals surface area contributed by atoms with Crippen LogP contribution in [0.4, 0.5) is 11.4 Å². The minimum absolute atomic E-state index is 0.0143. The molecule has 4 aromatic rings. The van der Waals surface area contributed by atoms with Gasteiger partial charge in [-0.1, -0.05) is 94.2 Å². The molecule has 2 aliphatic rings. The van der Waals surface area contributed by atoms with Crippen LogP contribution in [-0.4, -0.2) is 45.6 Å². The van der Waals surface area contributed by atoms with Crippen LogP contribution in [0.1, 0.15) is 45.7 Å². The molecule has 2 atom stereocenters. The van der Waals surface area contributed by atoms with Crippen LogP contribution in [-0.2, 0) is 16.0 Å². The standard InChI is InChI=1S/C37H28Cl4N12O2S2/c38-26-7-3-20(12-28(26)40)32-48-34(44)52-36(50-32)56-16-30(54)46-24-5-1-18(22(10-24)14-42)9-19-2-6-25(11-23(19)15-43)47-31(55)17-57-37-51-33(49-35(45)53-37)21-4-8-27(39)29(41)13-21/h1-8,10-13,32-33H,9,16-17H2,(H,46,54)(H,47,55)(H3,44,48,50,52)(H3,45,49,51,53). The summed E-state index contributed by atoms with van der Waals surface area (Å²) in [5, 5.41) is 33.5. The molecule has 288 valence electrons. The van der Waals surface area contributed by atoms with E-state index in [0.717, 1.165) is 23.5 Å². The molecule has 20 heteroatoms. The summed E-state index contributed by atoms with van der Waals surface area (Å²) < 4.78 is 0. The summed E-state index contributed by atoms with van der Waals surface area (Å²) in [4.78, 5) is 43.4. The molecule has 0 saturated heterocycles. The van der Waals surface area contributed by atoms with Crippen molar-refractivity contribution < 1.29 is 9.59 Å². The molecule has 6 rings (SSSR count). The van der Waals surface area contributed by atoms with Gasteiger partial charge in [0.25, 0.3) is 0 Å². The Hall–Kier alpha value is -5.46. The Bertz CT molecular complexity index is 2310. The van der Waals surface area contributed by atoms with Crippen molar-refractivity contribution in [3.63, 3.8) is 0 Å². The van der Waals surface area contributed by atoms with Crippen LogP contribution in [0.25, 0.3) is 0 Å². The highest BCUT2D eigenvalue weighted by atomic mass is 35.5. The number of nitrogens with two attached hydrogens (primary N) is 2.